The van der Waals surface area contributed by atoms with Gasteiger partial charge in [0.05, 0.1) is 36.1 Å². The third kappa shape index (κ3) is 2.43. The number of carbonyl (C=O) groups is 3. The number of Topliss-reactive ketones (excluding diaryl/α,β-unsaturated/α-hetero) is 1. The molecule has 1 unspecified atom stereocenters. The van der Waals surface area contributed by atoms with E-state index in [1.807, 2.05) is 6.92 Å². The summed E-state index contributed by atoms with van der Waals surface area (Å²) in [5, 5.41) is 10.7. The van der Waals surface area contributed by atoms with Gasteiger partial charge in [-0.2, -0.15) is 0 Å². The van der Waals surface area contributed by atoms with Gasteiger partial charge < -0.3 is 23.7 Å². The number of hydrogen-bond acceptors (Lipinski definition) is 8. The van der Waals surface area contributed by atoms with E-state index in [9.17, 15) is 19.5 Å². The average Bonchev–Trinajstić information content (AvgIpc) is 3.12. The first-order valence-electron chi connectivity index (χ1n) is 10.5. The minimum atomic E-state index is -1.16. The Morgan fingerprint density at radius 3 is 2.73 bits per heavy atom. The van der Waals surface area contributed by atoms with Crippen molar-refractivity contribution in [2.45, 2.75) is 57.3 Å². The van der Waals surface area contributed by atoms with Crippen LogP contribution < -0.4 is 0 Å². The molecular weight excluding hydrogens is 392 g/mol. The van der Waals surface area contributed by atoms with Gasteiger partial charge in [-0.05, 0) is 24.3 Å². The largest absolute Gasteiger partial charge is 0.472 e. The highest BCUT2D eigenvalue weighted by atomic mass is 16.6. The Kier molecular flexibility index (Phi) is 4.22. The zero-order chi connectivity index (χ0) is 21.3. The maximum Gasteiger partial charge on any atom is 0.313 e. The maximum atomic E-state index is 13.6. The number of esters is 2. The van der Waals surface area contributed by atoms with Crippen molar-refractivity contribution in [2.75, 3.05) is 13.2 Å². The molecule has 2 spiro atoms. The molecule has 7 atom stereocenters. The van der Waals surface area contributed by atoms with Crippen LogP contribution in [0, 0.1) is 22.7 Å². The van der Waals surface area contributed by atoms with Gasteiger partial charge in [0.25, 0.3) is 0 Å². The first-order valence-corrected chi connectivity index (χ1v) is 10.5. The summed E-state index contributed by atoms with van der Waals surface area (Å²) in [5.74, 6) is -1.73. The standard InChI is InChI=1S/C22H26O8/c1-12-5-18(25)22(11-28-13(2)23)17(6-15(24)7-20(22)10-29-20)21(12)8-16(30-19(21)26)14-3-4-27-9-14/h3-4,9,12,15-17,24H,5-8,10-11H2,1-2H3/t12-,15+,16+,17-,20+,21-,22?/m1/s1. The van der Waals surface area contributed by atoms with Gasteiger partial charge >= 0.3 is 11.9 Å². The van der Waals surface area contributed by atoms with E-state index in [0.717, 1.165) is 5.56 Å². The molecular formula is C22H26O8. The minimum Gasteiger partial charge on any atom is -0.472 e. The molecule has 1 aromatic heterocycles. The van der Waals surface area contributed by atoms with Crippen molar-refractivity contribution in [3.8, 4) is 0 Å². The average molecular weight is 418 g/mol. The second-order valence-electron chi connectivity index (χ2n) is 9.40. The first kappa shape index (κ1) is 19.8. The van der Waals surface area contributed by atoms with Gasteiger partial charge in [-0.25, -0.2) is 0 Å². The highest BCUT2D eigenvalue weighted by molar-refractivity contribution is 5.93. The van der Waals surface area contributed by atoms with Gasteiger partial charge in [-0.3, -0.25) is 14.4 Å². The summed E-state index contributed by atoms with van der Waals surface area (Å²) in [6.07, 6.45) is 3.01. The fourth-order valence-corrected chi connectivity index (χ4v) is 6.51. The molecule has 0 radical (unpaired) electrons. The Hall–Kier alpha value is -2.19. The smallest absolute Gasteiger partial charge is 0.313 e. The lowest BCUT2D eigenvalue weighted by Gasteiger charge is -2.58. The normalized spacial score (nSPS) is 44.8. The number of ether oxygens (including phenoxy) is 3. The lowest BCUT2D eigenvalue weighted by Crippen LogP contribution is -2.68. The summed E-state index contributed by atoms with van der Waals surface area (Å²) in [5.41, 5.74) is -2.27. The van der Waals surface area contributed by atoms with Crippen molar-refractivity contribution in [3.05, 3.63) is 24.2 Å². The van der Waals surface area contributed by atoms with E-state index >= 15 is 0 Å². The molecule has 4 fully saturated rings. The van der Waals surface area contributed by atoms with Crippen LogP contribution >= 0.6 is 0 Å². The number of hydrogen-bond donors (Lipinski definition) is 1. The molecule has 2 saturated heterocycles. The van der Waals surface area contributed by atoms with Gasteiger partial charge in [0.15, 0.2) is 0 Å². The van der Waals surface area contributed by atoms with Crippen LogP contribution in [-0.4, -0.2) is 47.7 Å². The second kappa shape index (κ2) is 6.40. The van der Waals surface area contributed by atoms with Crippen LogP contribution in [0.25, 0.3) is 0 Å². The van der Waals surface area contributed by atoms with Crippen LogP contribution in [-0.2, 0) is 28.6 Å². The van der Waals surface area contributed by atoms with Crippen molar-refractivity contribution < 1.29 is 38.1 Å². The van der Waals surface area contributed by atoms with Gasteiger partial charge in [0, 0.05) is 31.7 Å². The van der Waals surface area contributed by atoms with Crippen LogP contribution in [0.2, 0.25) is 0 Å². The van der Waals surface area contributed by atoms with E-state index in [1.165, 1.54) is 13.2 Å². The van der Waals surface area contributed by atoms with Gasteiger partial charge in [-0.1, -0.05) is 6.92 Å². The number of rotatable bonds is 3. The molecule has 1 N–H and O–H groups in total. The Balaban J connectivity index is 1.62. The predicted octanol–water partition coefficient (Wildman–Crippen LogP) is 1.95. The fourth-order valence-electron chi connectivity index (χ4n) is 6.51. The number of aliphatic hydroxyl groups is 1. The molecule has 162 valence electrons. The van der Waals surface area contributed by atoms with E-state index in [-0.39, 0.29) is 37.1 Å². The van der Waals surface area contributed by atoms with E-state index in [2.05, 4.69) is 0 Å². The Morgan fingerprint density at radius 1 is 1.33 bits per heavy atom. The summed E-state index contributed by atoms with van der Waals surface area (Å²) in [6, 6.07) is 1.77. The second-order valence-corrected chi connectivity index (χ2v) is 9.40. The van der Waals surface area contributed by atoms with Crippen LogP contribution in [0.3, 0.4) is 0 Å². The molecule has 0 bridgehead atoms. The molecule has 4 aliphatic rings. The SMILES string of the molecule is CC(=O)OCC12C(=O)C[C@@H](C)[C@]3(C[C@@H](c4ccoc4)OC3=O)[C@H]1C[C@H](O)C[C@]21CO1. The van der Waals surface area contributed by atoms with Crippen molar-refractivity contribution >= 4 is 17.7 Å². The summed E-state index contributed by atoms with van der Waals surface area (Å²) >= 11 is 0. The number of carbonyl (C=O) groups excluding carboxylic acids is 3. The van der Waals surface area contributed by atoms with Crippen molar-refractivity contribution in [2.24, 2.45) is 22.7 Å². The predicted molar refractivity (Wildman–Crippen MR) is 99.9 cm³/mol. The molecule has 1 aromatic rings. The molecule has 30 heavy (non-hydrogen) atoms. The summed E-state index contributed by atoms with van der Waals surface area (Å²) in [6.45, 7) is 3.36. The van der Waals surface area contributed by atoms with Crippen LogP contribution in [0.4, 0.5) is 0 Å². The lowest BCUT2D eigenvalue weighted by atomic mass is 9.43. The molecule has 0 amide bonds. The highest BCUT2D eigenvalue weighted by Gasteiger charge is 2.79. The number of epoxide rings is 1. The third-order valence-electron chi connectivity index (χ3n) is 8.03. The van der Waals surface area contributed by atoms with Crippen molar-refractivity contribution in [3.63, 3.8) is 0 Å². The number of fused-ring (bicyclic) bond motifs is 3. The molecule has 2 saturated carbocycles. The van der Waals surface area contributed by atoms with Crippen LogP contribution in [0.5, 0.6) is 0 Å². The molecule has 2 aliphatic heterocycles. The van der Waals surface area contributed by atoms with Crippen molar-refractivity contribution in [1.82, 2.24) is 0 Å². The summed E-state index contributed by atoms with van der Waals surface area (Å²) < 4.78 is 22.2. The summed E-state index contributed by atoms with van der Waals surface area (Å²) in [7, 11) is 0. The van der Waals surface area contributed by atoms with E-state index < -0.39 is 40.5 Å². The highest BCUT2D eigenvalue weighted by Crippen LogP contribution is 2.69. The van der Waals surface area contributed by atoms with E-state index in [1.54, 1.807) is 12.3 Å². The third-order valence-corrected chi connectivity index (χ3v) is 8.03. The fraction of sp³-hybridized carbons (Fsp3) is 0.682. The van der Waals surface area contributed by atoms with Gasteiger partial charge in [0.1, 0.15) is 24.1 Å². The molecule has 8 heteroatoms. The maximum absolute atomic E-state index is 13.6. The van der Waals surface area contributed by atoms with E-state index in [4.69, 9.17) is 18.6 Å². The van der Waals surface area contributed by atoms with Gasteiger partial charge in [0.2, 0.25) is 0 Å². The number of cyclic esters (lactones) is 1. The molecule has 2 aliphatic carbocycles. The zero-order valence-electron chi connectivity index (χ0n) is 17.1. The summed E-state index contributed by atoms with van der Waals surface area (Å²) in [4.78, 5) is 38.7. The Labute approximate surface area is 173 Å². The van der Waals surface area contributed by atoms with Gasteiger partial charge in [-0.15, -0.1) is 0 Å². The zero-order valence-corrected chi connectivity index (χ0v) is 17.1. The molecule has 5 rings (SSSR count). The monoisotopic (exact) mass is 418 g/mol. The van der Waals surface area contributed by atoms with Crippen LogP contribution in [0.1, 0.15) is 51.2 Å². The number of ketones is 1. The van der Waals surface area contributed by atoms with Crippen molar-refractivity contribution in [1.29, 1.82) is 0 Å². The Bertz CT molecular complexity index is 887. The topological polar surface area (TPSA) is 116 Å². The molecule has 8 nitrogen and oxygen atoms in total. The number of aliphatic hydroxyl groups excluding tert-OH is 1. The van der Waals surface area contributed by atoms with E-state index in [0.29, 0.717) is 19.4 Å². The first-order chi connectivity index (χ1) is 14.2. The lowest BCUT2D eigenvalue weighted by molar-refractivity contribution is -0.196. The van der Waals surface area contributed by atoms with Crippen LogP contribution in [0.15, 0.2) is 23.0 Å². The number of furan rings is 1. The molecule has 0 aromatic carbocycles. The quantitative estimate of drug-likeness (QED) is 0.585. The molecule has 3 heterocycles. The Morgan fingerprint density at radius 2 is 2.10 bits per heavy atom. The minimum absolute atomic E-state index is 0.0594.